The lowest BCUT2D eigenvalue weighted by atomic mass is 10.3. The molecule has 0 aliphatic heterocycles. The van der Waals surface area contributed by atoms with E-state index in [2.05, 4.69) is 15.8 Å². The molecule has 0 aliphatic carbocycles. The van der Waals surface area contributed by atoms with Crippen LogP contribution in [0, 0.1) is 6.92 Å². The second-order valence-corrected chi connectivity index (χ2v) is 4.26. The Morgan fingerprint density at radius 3 is 2.58 bits per heavy atom. The molecule has 19 heavy (non-hydrogen) atoms. The van der Waals surface area contributed by atoms with Crippen LogP contribution in [-0.2, 0) is 7.05 Å². The largest absolute Gasteiger partial charge is 0.339 e. The first-order valence-corrected chi connectivity index (χ1v) is 5.93. The highest BCUT2D eigenvalue weighted by atomic mass is 16.2. The summed E-state index contributed by atoms with van der Waals surface area (Å²) in [6.07, 6.45) is 0. The van der Waals surface area contributed by atoms with Crippen LogP contribution < -0.4 is 15.8 Å². The molecule has 100 valence electrons. The number of hydrogen-bond acceptors (Lipinski definition) is 3. The van der Waals surface area contributed by atoms with Gasteiger partial charge in [0.25, 0.3) is 0 Å². The Morgan fingerprint density at radius 2 is 2.00 bits per heavy atom. The van der Waals surface area contributed by atoms with Crippen molar-refractivity contribution < 1.29 is 4.79 Å². The standard InChI is InChI=1S/C13H17N5O/c1-10-9-12(18(3)15-10)14-13(19)16-17(2)11-7-5-4-6-8-11/h4-9H,1-3H3,(H2,14,16,19). The number of para-hydroxylation sites is 1. The van der Waals surface area contributed by atoms with Gasteiger partial charge in [0, 0.05) is 20.2 Å². The van der Waals surface area contributed by atoms with Crippen molar-refractivity contribution in [1.82, 2.24) is 15.2 Å². The normalized spacial score (nSPS) is 10.1. The number of carbonyl (C=O) groups is 1. The molecular formula is C13H17N5O. The van der Waals surface area contributed by atoms with Gasteiger partial charge in [-0.15, -0.1) is 0 Å². The minimum atomic E-state index is -0.311. The van der Waals surface area contributed by atoms with Gasteiger partial charge < -0.3 is 0 Å². The quantitative estimate of drug-likeness (QED) is 0.828. The minimum Gasteiger partial charge on any atom is -0.291 e. The van der Waals surface area contributed by atoms with Crippen LogP contribution in [-0.4, -0.2) is 22.9 Å². The first-order chi connectivity index (χ1) is 9.06. The van der Waals surface area contributed by atoms with E-state index in [-0.39, 0.29) is 6.03 Å². The van der Waals surface area contributed by atoms with Crippen molar-refractivity contribution in [2.75, 3.05) is 17.4 Å². The van der Waals surface area contributed by atoms with Crippen molar-refractivity contribution in [3.05, 3.63) is 42.1 Å². The van der Waals surface area contributed by atoms with Gasteiger partial charge in [0.2, 0.25) is 0 Å². The van der Waals surface area contributed by atoms with Gasteiger partial charge in [-0.05, 0) is 19.1 Å². The van der Waals surface area contributed by atoms with Crippen LogP contribution >= 0.6 is 0 Å². The zero-order valence-corrected chi connectivity index (χ0v) is 11.2. The lowest BCUT2D eigenvalue weighted by molar-refractivity contribution is 0.251. The Bertz CT molecular complexity index is 564. The molecule has 1 aromatic carbocycles. The Morgan fingerprint density at radius 1 is 1.32 bits per heavy atom. The number of hydrazine groups is 1. The summed E-state index contributed by atoms with van der Waals surface area (Å²) < 4.78 is 1.62. The van der Waals surface area contributed by atoms with E-state index in [0.29, 0.717) is 5.82 Å². The van der Waals surface area contributed by atoms with E-state index >= 15 is 0 Å². The Hall–Kier alpha value is -2.50. The molecule has 0 bridgehead atoms. The zero-order chi connectivity index (χ0) is 13.8. The fourth-order valence-corrected chi connectivity index (χ4v) is 1.74. The van der Waals surface area contributed by atoms with Crippen LogP contribution in [0.2, 0.25) is 0 Å². The van der Waals surface area contributed by atoms with E-state index in [1.807, 2.05) is 43.3 Å². The average Bonchev–Trinajstić information content (AvgIpc) is 2.68. The van der Waals surface area contributed by atoms with E-state index in [9.17, 15) is 4.79 Å². The molecule has 0 radical (unpaired) electrons. The fourth-order valence-electron chi connectivity index (χ4n) is 1.74. The molecule has 2 aromatic rings. The number of amides is 2. The molecule has 2 amide bonds. The predicted molar refractivity (Wildman–Crippen MR) is 74.9 cm³/mol. The highest BCUT2D eigenvalue weighted by Crippen LogP contribution is 2.10. The van der Waals surface area contributed by atoms with Gasteiger partial charge in [0.15, 0.2) is 0 Å². The number of aryl methyl sites for hydroxylation is 2. The number of anilines is 2. The van der Waals surface area contributed by atoms with Gasteiger partial charge in [0.05, 0.1) is 11.4 Å². The third-order valence-corrected chi connectivity index (χ3v) is 2.66. The molecular weight excluding hydrogens is 242 g/mol. The molecule has 2 N–H and O–H groups in total. The van der Waals surface area contributed by atoms with Crippen LogP contribution in [0.15, 0.2) is 36.4 Å². The molecule has 0 unspecified atom stereocenters. The number of nitrogens with one attached hydrogen (secondary N) is 2. The van der Waals surface area contributed by atoms with Gasteiger partial charge in [-0.25, -0.2) is 10.2 Å². The Balaban J connectivity index is 1.96. The SMILES string of the molecule is Cc1cc(NC(=O)NN(C)c2ccccc2)n(C)n1. The second kappa shape index (κ2) is 5.43. The summed E-state index contributed by atoms with van der Waals surface area (Å²) in [5.74, 6) is 0.650. The molecule has 6 heteroatoms. The topological polar surface area (TPSA) is 62.2 Å². The highest BCUT2D eigenvalue weighted by Gasteiger charge is 2.08. The average molecular weight is 259 g/mol. The summed E-state index contributed by atoms with van der Waals surface area (Å²) in [4.78, 5) is 11.9. The third kappa shape index (κ3) is 3.25. The third-order valence-electron chi connectivity index (χ3n) is 2.66. The molecule has 0 aliphatic rings. The van der Waals surface area contributed by atoms with E-state index in [0.717, 1.165) is 11.4 Å². The number of nitrogens with zero attached hydrogens (tertiary/aromatic N) is 3. The monoisotopic (exact) mass is 259 g/mol. The number of benzene rings is 1. The zero-order valence-electron chi connectivity index (χ0n) is 11.2. The highest BCUT2D eigenvalue weighted by molar-refractivity contribution is 5.89. The first kappa shape index (κ1) is 12.9. The van der Waals surface area contributed by atoms with Crippen molar-refractivity contribution in [3.63, 3.8) is 0 Å². The van der Waals surface area contributed by atoms with Crippen LogP contribution in [0.4, 0.5) is 16.3 Å². The van der Waals surface area contributed by atoms with Crippen LogP contribution in [0.25, 0.3) is 0 Å². The van der Waals surface area contributed by atoms with Gasteiger partial charge in [-0.1, -0.05) is 18.2 Å². The van der Waals surface area contributed by atoms with Crippen molar-refractivity contribution in [1.29, 1.82) is 0 Å². The predicted octanol–water partition coefficient (Wildman–Crippen LogP) is 1.90. The number of hydrogen-bond donors (Lipinski definition) is 2. The van der Waals surface area contributed by atoms with Gasteiger partial charge in [-0.2, -0.15) is 5.10 Å². The fraction of sp³-hybridized carbons (Fsp3) is 0.231. The molecule has 0 fully saturated rings. The van der Waals surface area contributed by atoms with E-state index in [4.69, 9.17) is 0 Å². The smallest absolute Gasteiger partial charge is 0.291 e. The molecule has 0 spiro atoms. The molecule has 1 aromatic heterocycles. The molecule has 0 saturated carbocycles. The molecule has 2 rings (SSSR count). The van der Waals surface area contributed by atoms with Crippen LogP contribution in [0.1, 0.15) is 5.69 Å². The summed E-state index contributed by atoms with van der Waals surface area (Å²) in [6.45, 7) is 1.87. The maximum atomic E-state index is 11.9. The number of aromatic nitrogens is 2. The lowest BCUT2D eigenvalue weighted by Crippen LogP contribution is -2.42. The van der Waals surface area contributed by atoms with Crippen molar-refractivity contribution in [2.24, 2.45) is 7.05 Å². The van der Waals surface area contributed by atoms with Gasteiger partial charge in [0.1, 0.15) is 5.82 Å². The maximum absolute atomic E-state index is 11.9. The van der Waals surface area contributed by atoms with E-state index < -0.39 is 0 Å². The number of rotatable bonds is 3. The number of carbonyl (C=O) groups excluding carboxylic acids is 1. The van der Waals surface area contributed by atoms with Gasteiger partial charge in [-0.3, -0.25) is 15.0 Å². The maximum Gasteiger partial charge on any atom is 0.339 e. The molecule has 1 heterocycles. The minimum absolute atomic E-state index is 0.311. The van der Waals surface area contributed by atoms with Crippen molar-refractivity contribution in [3.8, 4) is 0 Å². The van der Waals surface area contributed by atoms with Crippen molar-refractivity contribution >= 4 is 17.5 Å². The lowest BCUT2D eigenvalue weighted by Gasteiger charge is -2.20. The summed E-state index contributed by atoms with van der Waals surface area (Å²) in [6, 6.07) is 11.1. The van der Waals surface area contributed by atoms with E-state index in [1.165, 1.54) is 0 Å². The summed E-state index contributed by atoms with van der Waals surface area (Å²) in [7, 11) is 3.56. The molecule has 0 atom stereocenters. The first-order valence-electron chi connectivity index (χ1n) is 5.93. The molecule has 6 nitrogen and oxygen atoms in total. The summed E-state index contributed by atoms with van der Waals surface area (Å²) >= 11 is 0. The van der Waals surface area contributed by atoms with Crippen molar-refractivity contribution in [2.45, 2.75) is 6.92 Å². The summed E-state index contributed by atoms with van der Waals surface area (Å²) in [5, 5.41) is 8.55. The summed E-state index contributed by atoms with van der Waals surface area (Å²) in [5.41, 5.74) is 4.48. The Kier molecular flexibility index (Phi) is 3.70. The Labute approximate surface area is 112 Å². The van der Waals surface area contributed by atoms with Gasteiger partial charge >= 0.3 is 6.03 Å². The van der Waals surface area contributed by atoms with Crippen LogP contribution in [0.5, 0.6) is 0 Å². The number of urea groups is 1. The second-order valence-electron chi connectivity index (χ2n) is 4.26. The van der Waals surface area contributed by atoms with E-state index in [1.54, 1.807) is 23.8 Å². The van der Waals surface area contributed by atoms with Crippen LogP contribution in [0.3, 0.4) is 0 Å². The molecule has 0 saturated heterocycles.